The molecule has 0 spiro atoms. The fourth-order valence-corrected chi connectivity index (χ4v) is 6.22. The van der Waals surface area contributed by atoms with Crippen LogP contribution in [0.3, 0.4) is 0 Å². The number of nitrogen functional groups attached to an aromatic ring is 1. The van der Waals surface area contributed by atoms with E-state index in [9.17, 15) is 39.0 Å². The number of nitrogens with two attached hydrogens (primary N) is 3. The second kappa shape index (κ2) is 22.0. The molecule has 18 nitrogen and oxygen atoms in total. The molecule has 13 N–H and O–H groups in total. The van der Waals surface area contributed by atoms with Gasteiger partial charge < -0.3 is 53.4 Å². The average molecular weight is 778 g/mol. The molecule has 4 amide bonds. The maximum Gasteiger partial charge on any atom is 0.408 e. The number of ether oxygens (including phenoxy) is 1. The standard InChI is InChI=1S/C38H51N9O9/c1-2-18-56-38(55)47-29(20-23-8-12-25(13-9-23)32(39)40)35(52)44-27(16-17-31(48)49)33(50)45-28(19-24-10-14-26(15-11-24)43-37(41)42)34(51)46-30(36(53)54)21-22-6-4-3-5-7-22/h2,8-15,22,27-30H,1,3-7,16-21H2,(H3,39,40)(H,44,52)(H,45,50)(H,46,51)(H,47,55)(H,48,49)(H,53,54)(H4,41,42,43)/t27-,28-,29-,30-/m0/s1. The van der Waals surface area contributed by atoms with Crippen molar-refractivity contribution in [1.82, 2.24) is 21.3 Å². The summed E-state index contributed by atoms with van der Waals surface area (Å²) in [6, 6.07) is 7.17. The maximum absolute atomic E-state index is 13.9. The zero-order valence-corrected chi connectivity index (χ0v) is 31.0. The normalized spacial score (nSPS) is 14.7. The first kappa shape index (κ1) is 43.9. The molecule has 0 radical (unpaired) electrons. The fraction of sp³-hybridized carbons (Fsp3) is 0.421. The van der Waals surface area contributed by atoms with Gasteiger partial charge in [0.2, 0.25) is 17.7 Å². The minimum Gasteiger partial charge on any atom is -0.481 e. The second-order valence-corrected chi connectivity index (χ2v) is 13.5. The van der Waals surface area contributed by atoms with Crippen molar-refractivity contribution in [3.05, 3.63) is 77.9 Å². The number of amides is 4. The Morgan fingerprint density at radius 1 is 0.786 bits per heavy atom. The topological polar surface area (TPSA) is 314 Å². The van der Waals surface area contributed by atoms with Crippen LogP contribution in [0.1, 0.15) is 68.1 Å². The molecular weight excluding hydrogens is 726 g/mol. The van der Waals surface area contributed by atoms with Gasteiger partial charge in [-0.3, -0.25) is 24.6 Å². The van der Waals surface area contributed by atoms with E-state index in [1.807, 2.05) is 0 Å². The molecule has 2 aromatic rings. The molecule has 2 aromatic carbocycles. The molecule has 4 atom stereocenters. The third-order valence-corrected chi connectivity index (χ3v) is 9.10. The lowest BCUT2D eigenvalue weighted by atomic mass is 9.84. The third kappa shape index (κ3) is 15.1. The molecule has 0 aromatic heterocycles. The molecular formula is C38H51N9O9. The summed E-state index contributed by atoms with van der Waals surface area (Å²) in [5.41, 5.74) is 18.4. The summed E-state index contributed by atoms with van der Waals surface area (Å²) in [5.74, 6) is -5.38. The van der Waals surface area contributed by atoms with Crippen molar-refractivity contribution in [2.45, 2.75) is 88.4 Å². The number of rotatable bonds is 21. The van der Waals surface area contributed by atoms with E-state index in [2.05, 4.69) is 32.8 Å². The van der Waals surface area contributed by atoms with E-state index in [0.717, 1.165) is 32.1 Å². The van der Waals surface area contributed by atoms with Gasteiger partial charge in [-0.2, -0.15) is 0 Å². The van der Waals surface area contributed by atoms with Crippen molar-refractivity contribution >= 4 is 53.2 Å². The van der Waals surface area contributed by atoms with Crippen LogP contribution in [0.15, 0.2) is 66.2 Å². The van der Waals surface area contributed by atoms with Crippen LogP contribution < -0.4 is 38.5 Å². The highest BCUT2D eigenvalue weighted by Crippen LogP contribution is 2.27. The van der Waals surface area contributed by atoms with E-state index in [-0.39, 0.29) is 43.6 Å². The van der Waals surface area contributed by atoms with Crippen molar-refractivity contribution in [2.75, 3.05) is 6.61 Å². The number of amidine groups is 1. The number of benzene rings is 2. The second-order valence-electron chi connectivity index (χ2n) is 13.5. The Kier molecular flexibility index (Phi) is 17.3. The maximum atomic E-state index is 13.9. The first-order valence-electron chi connectivity index (χ1n) is 18.2. The Balaban J connectivity index is 1.90. The minimum absolute atomic E-state index is 0.0968. The molecule has 1 aliphatic carbocycles. The molecule has 1 fully saturated rings. The van der Waals surface area contributed by atoms with Crippen LogP contribution in [0.5, 0.6) is 0 Å². The first-order chi connectivity index (χ1) is 26.6. The number of aliphatic imine (C=N–C) groups is 1. The highest BCUT2D eigenvalue weighted by Gasteiger charge is 2.33. The van der Waals surface area contributed by atoms with Crippen LogP contribution in [0.2, 0.25) is 0 Å². The van der Waals surface area contributed by atoms with E-state index in [4.69, 9.17) is 27.3 Å². The summed E-state index contributed by atoms with van der Waals surface area (Å²) in [5, 5.41) is 37.2. The van der Waals surface area contributed by atoms with E-state index >= 15 is 0 Å². The summed E-state index contributed by atoms with van der Waals surface area (Å²) in [4.78, 5) is 82.0. The van der Waals surface area contributed by atoms with Gasteiger partial charge in [0.1, 0.15) is 36.6 Å². The van der Waals surface area contributed by atoms with Gasteiger partial charge in [-0.05, 0) is 42.0 Å². The van der Waals surface area contributed by atoms with E-state index < -0.39 is 72.8 Å². The molecule has 18 heteroatoms. The number of hydrogen-bond donors (Lipinski definition) is 10. The number of carbonyl (C=O) groups excluding carboxylic acids is 4. The Bertz CT molecular complexity index is 1740. The van der Waals surface area contributed by atoms with Gasteiger partial charge in [-0.15, -0.1) is 0 Å². The van der Waals surface area contributed by atoms with Gasteiger partial charge >= 0.3 is 18.0 Å². The van der Waals surface area contributed by atoms with Gasteiger partial charge in [0, 0.05) is 24.8 Å². The zero-order valence-electron chi connectivity index (χ0n) is 31.0. The van der Waals surface area contributed by atoms with Crippen molar-refractivity contribution in [1.29, 1.82) is 5.41 Å². The molecule has 1 aliphatic rings. The number of nitrogens with zero attached hydrogens (tertiary/aromatic N) is 1. The molecule has 56 heavy (non-hydrogen) atoms. The van der Waals surface area contributed by atoms with Crippen molar-refractivity contribution < 1.29 is 43.7 Å². The SMILES string of the molecule is C=CCOC(=O)N[C@@H](Cc1ccc(C(=N)N)cc1)C(=O)N[C@@H](CCC(=O)O)C(=O)N[C@@H](Cc1ccc(N=C(N)N)cc1)C(=O)N[C@@H](CC1CCCCC1)C(=O)O. The zero-order chi connectivity index (χ0) is 41.2. The van der Waals surface area contributed by atoms with E-state index in [1.165, 1.54) is 6.08 Å². The predicted molar refractivity (Wildman–Crippen MR) is 207 cm³/mol. The summed E-state index contributed by atoms with van der Waals surface area (Å²) in [6.45, 7) is 3.32. The largest absolute Gasteiger partial charge is 0.481 e. The number of carboxylic acids is 2. The van der Waals surface area contributed by atoms with Crippen molar-refractivity contribution in [2.24, 2.45) is 28.1 Å². The molecule has 0 unspecified atom stereocenters. The van der Waals surface area contributed by atoms with Crippen LogP contribution in [0, 0.1) is 11.3 Å². The summed E-state index contributed by atoms with van der Waals surface area (Å²) in [7, 11) is 0. The van der Waals surface area contributed by atoms with Gasteiger partial charge in [0.25, 0.3) is 0 Å². The Morgan fingerprint density at radius 2 is 1.30 bits per heavy atom. The fourth-order valence-electron chi connectivity index (χ4n) is 6.22. The van der Waals surface area contributed by atoms with Gasteiger partial charge in [0.15, 0.2) is 5.96 Å². The monoisotopic (exact) mass is 777 g/mol. The van der Waals surface area contributed by atoms with Gasteiger partial charge in [-0.1, -0.05) is 81.2 Å². The summed E-state index contributed by atoms with van der Waals surface area (Å²) in [6.07, 6.45) is 3.98. The third-order valence-electron chi connectivity index (χ3n) is 9.10. The van der Waals surface area contributed by atoms with Crippen LogP contribution in [-0.4, -0.2) is 88.5 Å². The molecule has 3 rings (SSSR count). The minimum atomic E-state index is -1.52. The lowest BCUT2D eigenvalue weighted by molar-refractivity contribution is -0.143. The quantitative estimate of drug-likeness (QED) is 0.0488. The number of alkyl carbamates (subject to hydrolysis) is 1. The Labute approximate surface area is 324 Å². The van der Waals surface area contributed by atoms with Crippen LogP contribution in [-0.2, 0) is 41.6 Å². The first-order valence-corrected chi connectivity index (χ1v) is 18.2. The van der Waals surface area contributed by atoms with Crippen LogP contribution in [0.4, 0.5) is 10.5 Å². The van der Waals surface area contributed by atoms with Crippen molar-refractivity contribution in [3.63, 3.8) is 0 Å². The summed E-state index contributed by atoms with van der Waals surface area (Å²) >= 11 is 0. The van der Waals surface area contributed by atoms with Gasteiger partial charge in [0.05, 0.1) is 5.69 Å². The number of hydrogen-bond acceptors (Lipinski definition) is 9. The van der Waals surface area contributed by atoms with Crippen LogP contribution in [0.25, 0.3) is 0 Å². The molecule has 0 bridgehead atoms. The number of aliphatic carboxylic acids is 2. The number of carboxylic acid groups (broad SMARTS) is 2. The Hall–Kier alpha value is -6.46. The average Bonchev–Trinajstić information content (AvgIpc) is 3.15. The highest BCUT2D eigenvalue weighted by molar-refractivity contribution is 5.96. The lowest BCUT2D eigenvalue weighted by Gasteiger charge is -2.28. The van der Waals surface area contributed by atoms with Crippen molar-refractivity contribution in [3.8, 4) is 0 Å². The number of guanidine groups is 1. The lowest BCUT2D eigenvalue weighted by Crippen LogP contribution is -2.58. The number of nitrogens with one attached hydrogen (secondary N) is 5. The van der Waals surface area contributed by atoms with E-state index in [0.29, 0.717) is 22.4 Å². The summed E-state index contributed by atoms with van der Waals surface area (Å²) < 4.78 is 4.99. The molecule has 0 saturated heterocycles. The van der Waals surface area contributed by atoms with E-state index in [1.54, 1.807) is 48.5 Å². The number of carbonyl (C=O) groups is 6. The molecule has 0 heterocycles. The molecule has 0 aliphatic heterocycles. The highest BCUT2D eigenvalue weighted by atomic mass is 16.5. The van der Waals surface area contributed by atoms with Gasteiger partial charge in [-0.25, -0.2) is 14.6 Å². The molecule has 302 valence electrons. The predicted octanol–water partition coefficient (Wildman–Crippen LogP) is 1.32. The van der Waals surface area contributed by atoms with Crippen LogP contribution >= 0.6 is 0 Å². The Morgan fingerprint density at radius 3 is 1.82 bits per heavy atom. The molecule has 1 saturated carbocycles. The smallest absolute Gasteiger partial charge is 0.408 e.